The maximum Gasteiger partial charge on any atom is 0.151 e. The Morgan fingerprint density at radius 2 is 2.29 bits per heavy atom. The summed E-state index contributed by atoms with van der Waals surface area (Å²) in [5.74, 6) is 0.527. The van der Waals surface area contributed by atoms with Crippen molar-refractivity contribution in [2.24, 2.45) is 5.73 Å². The molecule has 0 bridgehead atoms. The van der Waals surface area contributed by atoms with Gasteiger partial charge in [0.15, 0.2) is 9.84 Å². The number of aromatic nitrogens is 2. The Morgan fingerprint density at radius 3 is 2.79 bits per heavy atom. The molecule has 1 aromatic rings. The Labute approximate surface area is 86.3 Å². The third kappa shape index (κ3) is 1.94. The summed E-state index contributed by atoms with van der Waals surface area (Å²) in [7, 11) is -2.83. The number of hydrogen-bond acceptors (Lipinski definition) is 6. The molecule has 0 amide bonds. The molecule has 1 atom stereocenters. The molecule has 0 aliphatic carbocycles. The van der Waals surface area contributed by atoms with E-state index < -0.39 is 9.84 Å². The fourth-order valence-electron chi connectivity index (χ4n) is 1.50. The fourth-order valence-corrected chi connectivity index (χ4v) is 4.21. The van der Waals surface area contributed by atoms with E-state index in [0.29, 0.717) is 13.0 Å². The number of nitrogens with zero attached hydrogens (tertiary/aromatic N) is 2. The van der Waals surface area contributed by atoms with Gasteiger partial charge < -0.3 is 5.73 Å². The molecule has 0 aromatic carbocycles. The molecule has 0 saturated carbocycles. The second-order valence-electron chi connectivity index (χ2n) is 3.34. The highest BCUT2D eigenvalue weighted by Gasteiger charge is 2.31. The van der Waals surface area contributed by atoms with Crippen molar-refractivity contribution in [3.8, 4) is 0 Å². The Bertz CT molecular complexity index is 426. The first-order chi connectivity index (χ1) is 6.61. The summed E-state index contributed by atoms with van der Waals surface area (Å²) < 4.78 is 22.4. The first kappa shape index (κ1) is 10.0. The summed E-state index contributed by atoms with van der Waals surface area (Å²) in [5.41, 5.74) is 5.40. The average molecular weight is 233 g/mol. The summed E-state index contributed by atoms with van der Waals surface area (Å²) in [5, 5.41) is 9.41. The van der Waals surface area contributed by atoms with Gasteiger partial charge in [-0.05, 0) is 6.42 Å². The molecule has 1 aliphatic heterocycles. The summed E-state index contributed by atoms with van der Waals surface area (Å²) in [6, 6.07) is 0. The molecule has 1 fully saturated rings. The van der Waals surface area contributed by atoms with Crippen LogP contribution >= 0.6 is 11.3 Å². The van der Waals surface area contributed by atoms with Crippen molar-refractivity contribution in [2.45, 2.75) is 18.9 Å². The molecule has 14 heavy (non-hydrogen) atoms. The van der Waals surface area contributed by atoms with Gasteiger partial charge in [-0.2, -0.15) is 0 Å². The largest absolute Gasteiger partial charge is 0.324 e. The predicted molar refractivity (Wildman–Crippen MR) is 53.8 cm³/mol. The number of hydrogen-bond donors (Lipinski definition) is 1. The van der Waals surface area contributed by atoms with Crippen LogP contribution < -0.4 is 5.73 Å². The van der Waals surface area contributed by atoms with E-state index in [4.69, 9.17) is 5.73 Å². The van der Waals surface area contributed by atoms with Crippen LogP contribution in [0.5, 0.6) is 0 Å². The Hall–Kier alpha value is -0.530. The van der Waals surface area contributed by atoms with Crippen molar-refractivity contribution in [3.05, 3.63) is 10.0 Å². The normalized spacial score (nSPS) is 25.4. The molecule has 7 heteroatoms. The fraction of sp³-hybridized carbons (Fsp3) is 0.714. The summed E-state index contributed by atoms with van der Waals surface area (Å²) in [6.45, 7) is 0.372. The van der Waals surface area contributed by atoms with Crippen LogP contribution in [0.2, 0.25) is 0 Å². The van der Waals surface area contributed by atoms with Gasteiger partial charge in [-0.25, -0.2) is 8.42 Å². The van der Waals surface area contributed by atoms with Crippen molar-refractivity contribution >= 4 is 21.2 Å². The van der Waals surface area contributed by atoms with Gasteiger partial charge in [0, 0.05) is 12.5 Å². The van der Waals surface area contributed by atoms with Crippen LogP contribution in [0, 0.1) is 0 Å². The minimum absolute atomic E-state index is 0.0396. The molecule has 5 nitrogen and oxygen atoms in total. The van der Waals surface area contributed by atoms with E-state index in [2.05, 4.69) is 10.2 Å². The molecule has 2 heterocycles. The topological polar surface area (TPSA) is 85.9 Å². The van der Waals surface area contributed by atoms with E-state index in [1.54, 1.807) is 0 Å². The van der Waals surface area contributed by atoms with E-state index in [9.17, 15) is 8.42 Å². The van der Waals surface area contributed by atoms with E-state index in [0.717, 1.165) is 10.0 Å². The quantitative estimate of drug-likeness (QED) is 0.771. The Balaban J connectivity index is 2.17. The third-order valence-corrected chi connectivity index (χ3v) is 5.11. The van der Waals surface area contributed by atoms with Gasteiger partial charge in [0.1, 0.15) is 10.0 Å². The lowest BCUT2D eigenvalue weighted by Crippen LogP contribution is -2.03. The van der Waals surface area contributed by atoms with Gasteiger partial charge in [0.2, 0.25) is 0 Å². The zero-order valence-electron chi connectivity index (χ0n) is 7.51. The maximum atomic E-state index is 11.2. The average Bonchev–Trinajstić information content (AvgIpc) is 2.70. The van der Waals surface area contributed by atoms with E-state index in [1.807, 2.05) is 0 Å². The summed E-state index contributed by atoms with van der Waals surface area (Å²) in [6.07, 6.45) is 0.668. The smallest absolute Gasteiger partial charge is 0.151 e. The molecule has 0 spiro atoms. The maximum absolute atomic E-state index is 11.2. The molecule has 1 aromatic heterocycles. The number of rotatable bonds is 2. The highest BCUT2D eigenvalue weighted by molar-refractivity contribution is 7.91. The van der Waals surface area contributed by atoms with Gasteiger partial charge >= 0.3 is 0 Å². The SMILES string of the molecule is NCc1nnc(C2CCS(=O)(=O)C2)s1. The Morgan fingerprint density at radius 1 is 1.50 bits per heavy atom. The van der Waals surface area contributed by atoms with Gasteiger partial charge in [-0.15, -0.1) is 10.2 Å². The molecule has 2 rings (SSSR count). The van der Waals surface area contributed by atoms with Crippen LogP contribution in [0.1, 0.15) is 22.4 Å². The van der Waals surface area contributed by atoms with Crippen LogP contribution in [0.15, 0.2) is 0 Å². The summed E-state index contributed by atoms with van der Waals surface area (Å²) >= 11 is 1.42. The van der Waals surface area contributed by atoms with Crippen LogP contribution in [0.3, 0.4) is 0 Å². The summed E-state index contributed by atoms with van der Waals surface area (Å²) in [4.78, 5) is 0. The van der Waals surface area contributed by atoms with E-state index >= 15 is 0 Å². The molecular formula is C7H11N3O2S2. The second kappa shape index (κ2) is 3.56. The van der Waals surface area contributed by atoms with E-state index in [-0.39, 0.29) is 17.4 Å². The van der Waals surface area contributed by atoms with Crippen LogP contribution in [0.25, 0.3) is 0 Å². The van der Waals surface area contributed by atoms with Crippen molar-refractivity contribution in [3.63, 3.8) is 0 Å². The minimum atomic E-state index is -2.83. The molecule has 0 radical (unpaired) electrons. The lowest BCUT2D eigenvalue weighted by atomic mass is 10.1. The van der Waals surface area contributed by atoms with Crippen LogP contribution in [-0.4, -0.2) is 30.1 Å². The minimum Gasteiger partial charge on any atom is -0.324 e. The molecule has 1 unspecified atom stereocenters. The van der Waals surface area contributed by atoms with Crippen molar-refractivity contribution in [1.29, 1.82) is 0 Å². The monoisotopic (exact) mass is 233 g/mol. The van der Waals surface area contributed by atoms with E-state index in [1.165, 1.54) is 11.3 Å². The molecule has 2 N–H and O–H groups in total. The zero-order chi connectivity index (χ0) is 10.2. The Kier molecular flexibility index (Phi) is 2.54. The first-order valence-corrected chi connectivity index (χ1v) is 6.97. The first-order valence-electron chi connectivity index (χ1n) is 4.33. The zero-order valence-corrected chi connectivity index (χ0v) is 9.14. The third-order valence-electron chi connectivity index (χ3n) is 2.24. The van der Waals surface area contributed by atoms with Gasteiger partial charge in [0.25, 0.3) is 0 Å². The highest BCUT2D eigenvalue weighted by Crippen LogP contribution is 2.30. The molecule has 1 aliphatic rings. The molecule has 1 saturated heterocycles. The van der Waals surface area contributed by atoms with Gasteiger partial charge in [-0.3, -0.25) is 0 Å². The second-order valence-corrected chi connectivity index (χ2v) is 6.66. The van der Waals surface area contributed by atoms with Crippen molar-refractivity contribution in [1.82, 2.24) is 10.2 Å². The van der Waals surface area contributed by atoms with Crippen LogP contribution in [0.4, 0.5) is 0 Å². The van der Waals surface area contributed by atoms with Crippen molar-refractivity contribution < 1.29 is 8.42 Å². The molecule has 78 valence electrons. The standard InChI is InChI=1S/C7H11N3O2S2/c8-3-6-9-10-7(13-6)5-1-2-14(11,12)4-5/h5H,1-4,8H2. The van der Waals surface area contributed by atoms with Crippen molar-refractivity contribution in [2.75, 3.05) is 11.5 Å². The van der Waals surface area contributed by atoms with Gasteiger partial charge in [0.05, 0.1) is 11.5 Å². The number of sulfone groups is 1. The lowest BCUT2D eigenvalue weighted by molar-refractivity contribution is 0.601. The van der Waals surface area contributed by atoms with Crippen LogP contribution in [-0.2, 0) is 16.4 Å². The van der Waals surface area contributed by atoms with Gasteiger partial charge in [-0.1, -0.05) is 11.3 Å². The molecular weight excluding hydrogens is 222 g/mol. The lowest BCUT2D eigenvalue weighted by Gasteiger charge is -1.99. The highest BCUT2D eigenvalue weighted by atomic mass is 32.2. The predicted octanol–water partition coefficient (Wildman–Crippen LogP) is -0.101. The number of nitrogens with two attached hydrogens (primary N) is 1.